The SMILES string of the molecule is Cc1cc(-n2cccc2CO)ccc1Br. The van der Waals surface area contributed by atoms with E-state index in [0.29, 0.717) is 0 Å². The molecule has 0 spiro atoms. The van der Waals surface area contributed by atoms with Gasteiger partial charge in [-0.3, -0.25) is 0 Å². The number of aliphatic hydroxyl groups excluding tert-OH is 1. The Bertz CT molecular complexity index is 476. The van der Waals surface area contributed by atoms with Crippen LogP contribution < -0.4 is 0 Å². The molecular formula is C12H12BrNO. The van der Waals surface area contributed by atoms with Crippen molar-refractivity contribution in [1.29, 1.82) is 0 Å². The van der Waals surface area contributed by atoms with E-state index in [9.17, 15) is 0 Å². The van der Waals surface area contributed by atoms with Gasteiger partial charge in [-0.25, -0.2) is 0 Å². The van der Waals surface area contributed by atoms with Crippen LogP contribution in [0.3, 0.4) is 0 Å². The molecule has 0 bridgehead atoms. The molecule has 0 unspecified atom stereocenters. The van der Waals surface area contributed by atoms with Crippen molar-refractivity contribution < 1.29 is 5.11 Å². The third kappa shape index (κ3) is 1.98. The smallest absolute Gasteiger partial charge is 0.0836 e. The van der Waals surface area contributed by atoms with Crippen molar-refractivity contribution in [2.45, 2.75) is 13.5 Å². The number of benzene rings is 1. The second-order valence-corrected chi connectivity index (χ2v) is 4.32. The monoisotopic (exact) mass is 265 g/mol. The van der Waals surface area contributed by atoms with E-state index < -0.39 is 0 Å². The second kappa shape index (κ2) is 4.21. The first-order valence-electron chi connectivity index (χ1n) is 4.76. The van der Waals surface area contributed by atoms with Gasteiger partial charge < -0.3 is 9.67 Å². The molecule has 1 N–H and O–H groups in total. The lowest BCUT2D eigenvalue weighted by Gasteiger charge is -2.09. The van der Waals surface area contributed by atoms with E-state index in [2.05, 4.69) is 28.9 Å². The maximum atomic E-state index is 9.16. The molecule has 0 saturated carbocycles. The van der Waals surface area contributed by atoms with Gasteiger partial charge in [0.2, 0.25) is 0 Å². The Morgan fingerprint density at radius 1 is 1.33 bits per heavy atom. The molecule has 15 heavy (non-hydrogen) atoms. The number of halogens is 1. The summed E-state index contributed by atoms with van der Waals surface area (Å²) in [5.41, 5.74) is 3.16. The van der Waals surface area contributed by atoms with Gasteiger partial charge in [0.15, 0.2) is 0 Å². The summed E-state index contributed by atoms with van der Waals surface area (Å²) in [4.78, 5) is 0. The third-order valence-corrected chi connectivity index (χ3v) is 3.30. The van der Waals surface area contributed by atoms with Crippen molar-refractivity contribution in [1.82, 2.24) is 4.57 Å². The molecule has 3 heteroatoms. The summed E-state index contributed by atoms with van der Waals surface area (Å²) in [6.07, 6.45) is 1.95. The number of aromatic nitrogens is 1. The van der Waals surface area contributed by atoms with Crippen LogP contribution in [-0.4, -0.2) is 9.67 Å². The Kier molecular flexibility index (Phi) is 2.93. The highest BCUT2D eigenvalue weighted by Gasteiger charge is 2.03. The van der Waals surface area contributed by atoms with E-state index in [1.54, 1.807) is 0 Å². The van der Waals surface area contributed by atoms with Gasteiger partial charge in [-0.2, -0.15) is 0 Å². The highest BCUT2D eigenvalue weighted by molar-refractivity contribution is 9.10. The van der Waals surface area contributed by atoms with Crippen LogP contribution in [-0.2, 0) is 6.61 Å². The summed E-state index contributed by atoms with van der Waals surface area (Å²) < 4.78 is 3.09. The fourth-order valence-electron chi connectivity index (χ4n) is 1.58. The van der Waals surface area contributed by atoms with E-state index in [1.807, 2.05) is 35.0 Å². The lowest BCUT2D eigenvalue weighted by molar-refractivity contribution is 0.274. The number of aryl methyl sites for hydroxylation is 1. The Labute approximate surface area is 97.3 Å². The molecule has 0 radical (unpaired) electrons. The van der Waals surface area contributed by atoms with Gasteiger partial charge >= 0.3 is 0 Å². The van der Waals surface area contributed by atoms with Gasteiger partial charge in [0.25, 0.3) is 0 Å². The number of hydrogen-bond acceptors (Lipinski definition) is 1. The zero-order valence-corrected chi connectivity index (χ0v) is 10.0. The van der Waals surface area contributed by atoms with E-state index in [-0.39, 0.29) is 6.61 Å². The molecule has 0 amide bonds. The zero-order valence-electron chi connectivity index (χ0n) is 8.44. The van der Waals surface area contributed by atoms with E-state index in [1.165, 1.54) is 5.56 Å². The third-order valence-electron chi connectivity index (χ3n) is 2.41. The molecule has 0 aliphatic carbocycles. The van der Waals surface area contributed by atoms with Crippen LogP contribution >= 0.6 is 15.9 Å². The minimum atomic E-state index is 0.0577. The molecule has 0 fully saturated rings. The fraction of sp³-hybridized carbons (Fsp3) is 0.167. The van der Waals surface area contributed by atoms with Gasteiger partial charge in [0, 0.05) is 22.1 Å². The number of rotatable bonds is 2. The summed E-state index contributed by atoms with van der Waals surface area (Å²) in [5, 5.41) is 9.16. The van der Waals surface area contributed by atoms with Crippen molar-refractivity contribution in [3.8, 4) is 5.69 Å². The van der Waals surface area contributed by atoms with Crippen LogP contribution in [0.1, 0.15) is 11.3 Å². The lowest BCUT2D eigenvalue weighted by atomic mass is 10.2. The molecule has 78 valence electrons. The van der Waals surface area contributed by atoms with Crippen molar-refractivity contribution >= 4 is 15.9 Å². The molecule has 0 saturated heterocycles. The topological polar surface area (TPSA) is 25.2 Å². The average Bonchev–Trinajstić information content (AvgIpc) is 2.70. The minimum Gasteiger partial charge on any atom is -0.390 e. The molecule has 0 atom stereocenters. The van der Waals surface area contributed by atoms with Crippen LogP contribution in [0, 0.1) is 6.92 Å². The summed E-state index contributed by atoms with van der Waals surface area (Å²) in [5.74, 6) is 0. The molecule has 0 aliphatic heterocycles. The van der Waals surface area contributed by atoms with Crippen LogP contribution in [0.2, 0.25) is 0 Å². The van der Waals surface area contributed by atoms with Crippen molar-refractivity contribution in [3.63, 3.8) is 0 Å². The summed E-state index contributed by atoms with van der Waals surface area (Å²) in [6, 6.07) is 9.98. The van der Waals surface area contributed by atoms with Crippen molar-refractivity contribution in [2.24, 2.45) is 0 Å². The second-order valence-electron chi connectivity index (χ2n) is 3.46. The molecule has 1 aromatic carbocycles. The molecule has 2 aromatic rings. The van der Waals surface area contributed by atoms with Crippen LogP contribution in [0.5, 0.6) is 0 Å². The van der Waals surface area contributed by atoms with Gasteiger partial charge in [-0.1, -0.05) is 15.9 Å². The number of aliphatic hydroxyl groups is 1. The fourth-order valence-corrected chi connectivity index (χ4v) is 1.82. The Hall–Kier alpha value is -1.06. The minimum absolute atomic E-state index is 0.0577. The first-order valence-corrected chi connectivity index (χ1v) is 5.55. The van der Waals surface area contributed by atoms with Gasteiger partial charge in [0.1, 0.15) is 0 Å². The van der Waals surface area contributed by atoms with Gasteiger partial charge in [-0.05, 0) is 42.8 Å². The van der Waals surface area contributed by atoms with Crippen LogP contribution in [0.25, 0.3) is 5.69 Å². The zero-order chi connectivity index (χ0) is 10.8. The van der Waals surface area contributed by atoms with E-state index >= 15 is 0 Å². The first-order chi connectivity index (χ1) is 7.22. The van der Waals surface area contributed by atoms with Crippen LogP contribution in [0.15, 0.2) is 41.0 Å². The van der Waals surface area contributed by atoms with Crippen molar-refractivity contribution in [2.75, 3.05) is 0 Å². The predicted molar refractivity (Wildman–Crippen MR) is 64.1 cm³/mol. The largest absolute Gasteiger partial charge is 0.390 e. The highest BCUT2D eigenvalue weighted by Crippen LogP contribution is 2.20. The first kappa shape index (κ1) is 10.5. The number of hydrogen-bond donors (Lipinski definition) is 1. The Morgan fingerprint density at radius 2 is 2.13 bits per heavy atom. The van der Waals surface area contributed by atoms with E-state index in [4.69, 9.17) is 5.11 Å². The predicted octanol–water partition coefficient (Wildman–Crippen LogP) is 3.04. The molecule has 2 rings (SSSR count). The van der Waals surface area contributed by atoms with Gasteiger partial charge in [-0.15, -0.1) is 0 Å². The van der Waals surface area contributed by atoms with Crippen molar-refractivity contribution in [3.05, 3.63) is 52.3 Å². The van der Waals surface area contributed by atoms with E-state index in [0.717, 1.165) is 15.9 Å². The summed E-state index contributed by atoms with van der Waals surface area (Å²) in [6.45, 7) is 2.11. The molecule has 1 aromatic heterocycles. The molecular weight excluding hydrogens is 254 g/mol. The van der Waals surface area contributed by atoms with Crippen LogP contribution in [0.4, 0.5) is 0 Å². The van der Waals surface area contributed by atoms with Gasteiger partial charge in [0.05, 0.1) is 6.61 Å². The summed E-state index contributed by atoms with van der Waals surface area (Å²) in [7, 11) is 0. The lowest BCUT2D eigenvalue weighted by Crippen LogP contribution is -1.98. The molecule has 1 heterocycles. The number of nitrogens with zero attached hydrogens (tertiary/aromatic N) is 1. The summed E-state index contributed by atoms with van der Waals surface area (Å²) >= 11 is 3.47. The maximum absolute atomic E-state index is 9.16. The molecule has 2 nitrogen and oxygen atoms in total. The quantitative estimate of drug-likeness (QED) is 0.888. The maximum Gasteiger partial charge on any atom is 0.0836 e. The Morgan fingerprint density at radius 3 is 2.80 bits per heavy atom. The highest BCUT2D eigenvalue weighted by atomic mass is 79.9. The average molecular weight is 266 g/mol. The molecule has 0 aliphatic rings. The normalized spacial score (nSPS) is 10.6. The Balaban J connectivity index is 2.50. The standard InChI is InChI=1S/C12H12BrNO/c1-9-7-10(4-5-12(9)13)14-6-2-3-11(14)8-15/h2-7,15H,8H2,1H3.